The molecule has 1 saturated heterocycles. The van der Waals surface area contributed by atoms with E-state index in [2.05, 4.69) is 27.7 Å². The number of carbonyl (C=O) groups excluding carboxylic acids is 1. The Labute approximate surface area is 135 Å². The van der Waals surface area contributed by atoms with E-state index in [-0.39, 0.29) is 29.3 Å². The summed E-state index contributed by atoms with van der Waals surface area (Å²) in [7, 11) is 3.39. The first kappa shape index (κ1) is 19.2. The Balaban J connectivity index is 3.21. The van der Waals surface area contributed by atoms with Crippen LogP contribution >= 0.6 is 0 Å². The molecule has 1 aliphatic rings. The second kappa shape index (κ2) is 7.18. The summed E-state index contributed by atoms with van der Waals surface area (Å²) in [4.78, 5) is 17.1. The lowest BCUT2D eigenvalue weighted by molar-refractivity contribution is 0.0180. The third kappa shape index (κ3) is 2.98. The topological polar surface area (TPSA) is 42.0 Å². The van der Waals surface area contributed by atoms with E-state index in [0.717, 1.165) is 12.8 Å². The fourth-order valence-electron chi connectivity index (χ4n) is 3.52. The monoisotopic (exact) mass is 314 g/mol. The summed E-state index contributed by atoms with van der Waals surface area (Å²) in [6.45, 7) is 14.0. The first-order valence-electron chi connectivity index (χ1n) is 8.36. The van der Waals surface area contributed by atoms with E-state index in [0.29, 0.717) is 13.1 Å². The average molecular weight is 314 g/mol. The Hall–Kier alpha value is -0.810. The van der Waals surface area contributed by atoms with E-state index in [4.69, 9.17) is 9.47 Å². The van der Waals surface area contributed by atoms with Crippen LogP contribution in [-0.2, 0) is 9.47 Å². The first-order valence-corrected chi connectivity index (χ1v) is 8.36. The van der Waals surface area contributed by atoms with Gasteiger partial charge in [0, 0.05) is 27.3 Å². The van der Waals surface area contributed by atoms with Gasteiger partial charge in [-0.25, -0.2) is 4.79 Å². The highest BCUT2D eigenvalue weighted by molar-refractivity contribution is 5.80. The number of methoxy groups -OCH3 is 2. The van der Waals surface area contributed by atoms with E-state index in [9.17, 15) is 4.79 Å². The molecule has 0 bridgehead atoms. The van der Waals surface area contributed by atoms with Gasteiger partial charge in [0.2, 0.25) is 0 Å². The van der Waals surface area contributed by atoms with E-state index in [1.165, 1.54) is 0 Å². The molecule has 130 valence electrons. The van der Waals surface area contributed by atoms with E-state index in [1.54, 1.807) is 14.2 Å². The van der Waals surface area contributed by atoms with Gasteiger partial charge in [-0.1, -0.05) is 13.8 Å². The normalized spacial score (nSPS) is 31.7. The van der Waals surface area contributed by atoms with Crippen LogP contribution in [0.4, 0.5) is 4.79 Å². The molecule has 5 heteroatoms. The molecule has 1 fully saturated rings. The molecule has 22 heavy (non-hydrogen) atoms. The molecule has 1 heterocycles. The predicted octanol–water partition coefficient (Wildman–Crippen LogP) is 3.13. The van der Waals surface area contributed by atoms with Crippen LogP contribution in [-0.4, -0.2) is 66.4 Å². The zero-order valence-electron chi connectivity index (χ0n) is 15.6. The number of amides is 2. The number of urea groups is 1. The van der Waals surface area contributed by atoms with Crippen LogP contribution in [0, 0.1) is 0 Å². The molecule has 2 amide bonds. The van der Waals surface area contributed by atoms with E-state index < -0.39 is 0 Å². The predicted molar refractivity (Wildman–Crippen MR) is 89.1 cm³/mol. The second-order valence-electron chi connectivity index (χ2n) is 6.85. The van der Waals surface area contributed by atoms with Crippen LogP contribution < -0.4 is 0 Å². The third-order valence-corrected chi connectivity index (χ3v) is 5.87. The van der Waals surface area contributed by atoms with Gasteiger partial charge < -0.3 is 19.3 Å². The lowest BCUT2D eigenvalue weighted by Crippen LogP contribution is -2.58. The van der Waals surface area contributed by atoms with Crippen molar-refractivity contribution in [2.75, 3.05) is 27.3 Å². The summed E-state index contributed by atoms with van der Waals surface area (Å²) in [6.07, 6.45) is 1.88. The smallest absolute Gasteiger partial charge is 0.321 e. The largest absolute Gasteiger partial charge is 0.380 e. The quantitative estimate of drug-likeness (QED) is 0.691. The summed E-state index contributed by atoms with van der Waals surface area (Å²) in [5.74, 6) is 0. The lowest BCUT2D eigenvalue weighted by atomic mass is 9.75. The van der Waals surface area contributed by atoms with Crippen molar-refractivity contribution in [2.45, 2.75) is 77.7 Å². The van der Waals surface area contributed by atoms with Crippen molar-refractivity contribution in [3.63, 3.8) is 0 Å². The van der Waals surface area contributed by atoms with Crippen LogP contribution in [0.1, 0.15) is 54.4 Å². The second-order valence-corrected chi connectivity index (χ2v) is 6.85. The Morgan fingerprint density at radius 3 is 1.45 bits per heavy atom. The van der Waals surface area contributed by atoms with Crippen molar-refractivity contribution >= 4 is 6.03 Å². The molecule has 1 rings (SSSR count). The molecule has 1 aliphatic heterocycles. The number of carbonyl (C=O) groups is 1. The van der Waals surface area contributed by atoms with Crippen molar-refractivity contribution < 1.29 is 14.3 Å². The van der Waals surface area contributed by atoms with Gasteiger partial charge in [0.25, 0.3) is 0 Å². The Kier molecular flexibility index (Phi) is 6.27. The Bertz CT molecular complexity index is 356. The summed E-state index contributed by atoms with van der Waals surface area (Å²) in [5.41, 5.74) is -0.418. The molecule has 4 unspecified atom stereocenters. The molecule has 0 N–H and O–H groups in total. The summed E-state index contributed by atoms with van der Waals surface area (Å²) in [6, 6.07) is 0.0986. The summed E-state index contributed by atoms with van der Waals surface area (Å²) < 4.78 is 10.8. The van der Waals surface area contributed by atoms with Crippen molar-refractivity contribution in [1.82, 2.24) is 9.80 Å². The van der Waals surface area contributed by atoms with Crippen LogP contribution in [0.2, 0.25) is 0 Å². The number of nitrogens with zero attached hydrogens (tertiary/aromatic N) is 2. The Morgan fingerprint density at radius 1 is 0.909 bits per heavy atom. The van der Waals surface area contributed by atoms with Crippen LogP contribution in [0.15, 0.2) is 0 Å². The maximum absolute atomic E-state index is 13.1. The molecule has 0 saturated carbocycles. The maximum atomic E-state index is 13.1. The summed E-state index contributed by atoms with van der Waals surface area (Å²) in [5, 5.41) is 0. The molecule has 0 aliphatic carbocycles. The Morgan fingerprint density at radius 2 is 1.23 bits per heavy atom. The first-order chi connectivity index (χ1) is 10.2. The SMILES string of the molecule is CCC1(C)N(CC(C)OC)C(=O)N(CC(C)OC)C1(C)CC. The minimum atomic E-state index is -0.209. The number of ether oxygens (including phenoxy) is 2. The van der Waals surface area contributed by atoms with Gasteiger partial charge in [-0.15, -0.1) is 0 Å². The molecular weight excluding hydrogens is 280 g/mol. The van der Waals surface area contributed by atoms with E-state index >= 15 is 0 Å². The van der Waals surface area contributed by atoms with Gasteiger partial charge in [0.1, 0.15) is 0 Å². The van der Waals surface area contributed by atoms with Crippen molar-refractivity contribution in [3.05, 3.63) is 0 Å². The van der Waals surface area contributed by atoms with Crippen molar-refractivity contribution in [2.24, 2.45) is 0 Å². The number of rotatable bonds is 8. The van der Waals surface area contributed by atoms with Crippen LogP contribution in [0.25, 0.3) is 0 Å². The van der Waals surface area contributed by atoms with E-state index in [1.807, 2.05) is 23.6 Å². The van der Waals surface area contributed by atoms with Gasteiger partial charge in [-0.3, -0.25) is 0 Å². The highest BCUT2D eigenvalue weighted by Gasteiger charge is 2.60. The zero-order valence-corrected chi connectivity index (χ0v) is 15.6. The minimum absolute atomic E-state index is 0.0238. The standard InChI is InChI=1S/C17H34N2O3/c1-9-16(5)17(6,10-2)19(12-14(4)22-8)15(20)18(16)11-13(3)21-7/h13-14H,9-12H2,1-8H3. The molecular formula is C17H34N2O3. The minimum Gasteiger partial charge on any atom is -0.380 e. The fraction of sp³-hybridized carbons (Fsp3) is 0.941. The van der Waals surface area contributed by atoms with Crippen LogP contribution in [0.5, 0.6) is 0 Å². The molecule has 0 aromatic rings. The van der Waals surface area contributed by atoms with Crippen molar-refractivity contribution in [3.8, 4) is 0 Å². The third-order valence-electron chi connectivity index (χ3n) is 5.87. The molecule has 0 spiro atoms. The highest BCUT2D eigenvalue weighted by Crippen LogP contribution is 2.46. The van der Waals surface area contributed by atoms with Gasteiger partial charge in [-0.05, 0) is 40.5 Å². The van der Waals surface area contributed by atoms with Gasteiger partial charge in [0.15, 0.2) is 0 Å². The number of hydrogen-bond donors (Lipinski definition) is 0. The van der Waals surface area contributed by atoms with Gasteiger partial charge in [0.05, 0.1) is 23.3 Å². The highest BCUT2D eigenvalue weighted by atomic mass is 16.5. The molecule has 0 aromatic heterocycles. The van der Waals surface area contributed by atoms with Crippen LogP contribution in [0.3, 0.4) is 0 Å². The zero-order chi connectivity index (χ0) is 17.1. The van der Waals surface area contributed by atoms with Crippen molar-refractivity contribution in [1.29, 1.82) is 0 Å². The van der Waals surface area contributed by atoms with Gasteiger partial charge >= 0.3 is 6.03 Å². The summed E-state index contributed by atoms with van der Waals surface area (Å²) >= 11 is 0. The number of hydrogen-bond acceptors (Lipinski definition) is 3. The molecule has 0 aromatic carbocycles. The molecule has 4 atom stereocenters. The molecule has 0 radical (unpaired) electrons. The maximum Gasteiger partial charge on any atom is 0.321 e. The average Bonchev–Trinajstić information content (AvgIpc) is 2.68. The lowest BCUT2D eigenvalue weighted by Gasteiger charge is -2.46. The molecule has 5 nitrogen and oxygen atoms in total. The fourth-order valence-corrected chi connectivity index (χ4v) is 3.52. The van der Waals surface area contributed by atoms with Gasteiger partial charge in [-0.2, -0.15) is 0 Å².